The molecule has 74 valence electrons. The SMILES string of the molecule is CC(C)C(OOP(N)O)C(C)C. The normalized spacial score (nSPS) is 14.8. The van der Waals surface area contributed by atoms with Crippen molar-refractivity contribution in [2.45, 2.75) is 33.8 Å². The molecule has 0 saturated heterocycles. The fraction of sp³-hybridized carbons (Fsp3) is 1.00. The summed E-state index contributed by atoms with van der Waals surface area (Å²) in [5.74, 6) is 0.694. The van der Waals surface area contributed by atoms with Crippen LogP contribution in [0.4, 0.5) is 0 Å². The molecule has 0 aromatic heterocycles. The Hall–Kier alpha value is 0.270. The molecule has 0 aliphatic carbocycles. The van der Waals surface area contributed by atoms with Crippen LogP contribution in [0, 0.1) is 11.8 Å². The van der Waals surface area contributed by atoms with E-state index < -0.39 is 8.53 Å². The highest BCUT2D eigenvalue weighted by molar-refractivity contribution is 7.43. The van der Waals surface area contributed by atoms with Crippen LogP contribution in [0.2, 0.25) is 0 Å². The lowest BCUT2D eigenvalue weighted by atomic mass is 9.97. The van der Waals surface area contributed by atoms with Gasteiger partial charge in [-0.2, -0.15) is 4.67 Å². The second-order valence-corrected chi connectivity index (χ2v) is 4.18. The summed E-state index contributed by atoms with van der Waals surface area (Å²) in [5, 5.41) is 0. The maximum atomic E-state index is 8.66. The summed E-state index contributed by atoms with van der Waals surface area (Å²) in [6, 6.07) is 0. The second kappa shape index (κ2) is 5.84. The Morgan fingerprint density at radius 3 is 1.83 bits per heavy atom. The lowest BCUT2D eigenvalue weighted by Crippen LogP contribution is -2.25. The average molecular weight is 195 g/mol. The highest BCUT2D eigenvalue weighted by Gasteiger charge is 2.20. The van der Waals surface area contributed by atoms with Gasteiger partial charge in [-0.05, 0) is 11.8 Å². The van der Waals surface area contributed by atoms with Gasteiger partial charge in [0.1, 0.15) is 0 Å². The highest BCUT2D eigenvalue weighted by Crippen LogP contribution is 2.25. The molecule has 0 aliphatic heterocycles. The van der Waals surface area contributed by atoms with Crippen LogP contribution < -0.4 is 5.50 Å². The maximum Gasteiger partial charge on any atom is 0.283 e. The Morgan fingerprint density at radius 2 is 1.58 bits per heavy atom. The second-order valence-electron chi connectivity index (χ2n) is 3.43. The summed E-state index contributed by atoms with van der Waals surface area (Å²) in [4.78, 5) is 13.6. The van der Waals surface area contributed by atoms with Gasteiger partial charge in [-0.3, -0.25) is 5.50 Å². The van der Waals surface area contributed by atoms with E-state index >= 15 is 0 Å². The molecular weight excluding hydrogens is 177 g/mol. The van der Waals surface area contributed by atoms with Crippen molar-refractivity contribution in [3.63, 3.8) is 0 Å². The minimum absolute atomic E-state index is 0.0225. The molecule has 0 rings (SSSR count). The van der Waals surface area contributed by atoms with E-state index in [4.69, 9.17) is 15.3 Å². The first kappa shape index (κ1) is 12.3. The molecule has 1 unspecified atom stereocenters. The third-order valence-electron chi connectivity index (χ3n) is 1.54. The molecule has 0 radical (unpaired) electrons. The molecule has 3 N–H and O–H groups in total. The van der Waals surface area contributed by atoms with Gasteiger partial charge in [-0.15, -0.1) is 0 Å². The summed E-state index contributed by atoms with van der Waals surface area (Å²) in [5.41, 5.74) is 5.01. The first-order valence-electron chi connectivity index (χ1n) is 4.02. The molecule has 0 fully saturated rings. The minimum atomic E-state index is -1.90. The van der Waals surface area contributed by atoms with E-state index in [1.807, 2.05) is 27.7 Å². The Kier molecular flexibility index (Phi) is 5.97. The molecule has 0 amide bonds. The Bertz CT molecular complexity index is 111. The lowest BCUT2D eigenvalue weighted by Gasteiger charge is -2.23. The van der Waals surface area contributed by atoms with Crippen molar-refractivity contribution in [2.24, 2.45) is 17.3 Å². The number of hydrogen-bond donors (Lipinski definition) is 2. The average Bonchev–Trinajstić information content (AvgIpc) is 1.84. The summed E-state index contributed by atoms with van der Waals surface area (Å²) < 4.78 is 4.52. The fourth-order valence-corrected chi connectivity index (χ4v) is 1.27. The van der Waals surface area contributed by atoms with Gasteiger partial charge in [-0.1, -0.05) is 27.7 Å². The summed E-state index contributed by atoms with van der Waals surface area (Å²) in [6.45, 7) is 8.13. The van der Waals surface area contributed by atoms with Crippen molar-refractivity contribution < 1.29 is 14.5 Å². The maximum absolute atomic E-state index is 8.66. The van der Waals surface area contributed by atoms with Crippen LogP contribution in [0.5, 0.6) is 0 Å². The molecule has 0 aromatic rings. The predicted octanol–water partition coefficient (Wildman–Crippen LogP) is 1.79. The molecule has 0 saturated carbocycles. The Labute approximate surface area is 74.9 Å². The van der Waals surface area contributed by atoms with Crippen LogP contribution in [0.1, 0.15) is 27.7 Å². The number of hydrogen-bond acceptors (Lipinski definition) is 4. The van der Waals surface area contributed by atoms with Crippen LogP contribution >= 0.6 is 8.53 Å². The third kappa shape index (κ3) is 5.01. The van der Waals surface area contributed by atoms with Crippen LogP contribution in [-0.4, -0.2) is 11.0 Å². The van der Waals surface area contributed by atoms with Gasteiger partial charge < -0.3 is 4.89 Å². The number of nitrogens with two attached hydrogens (primary N) is 1. The van der Waals surface area contributed by atoms with Crippen molar-refractivity contribution in [3.05, 3.63) is 0 Å². The van der Waals surface area contributed by atoms with E-state index in [1.54, 1.807) is 0 Å². The van der Waals surface area contributed by atoms with Crippen LogP contribution in [-0.2, 0) is 9.56 Å². The molecule has 4 nitrogen and oxygen atoms in total. The fourth-order valence-electron chi connectivity index (χ4n) is 1.09. The number of rotatable bonds is 5. The molecule has 0 bridgehead atoms. The summed E-state index contributed by atoms with van der Waals surface area (Å²) in [6.07, 6.45) is -0.0225. The highest BCUT2D eigenvalue weighted by atomic mass is 31.2. The topological polar surface area (TPSA) is 64.7 Å². The van der Waals surface area contributed by atoms with Crippen molar-refractivity contribution >= 4 is 8.53 Å². The Morgan fingerprint density at radius 1 is 1.17 bits per heavy atom. The van der Waals surface area contributed by atoms with E-state index in [-0.39, 0.29) is 6.10 Å². The molecule has 5 heteroatoms. The van der Waals surface area contributed by atoms with Crippen LogP contribution in [0.15, 0.2) is 0 Å². The van der Waals surface area contributed by atoms with Crippen molar-refractivity contribution in [1.82, 2.24) is 0 Å². The standard InChI is InChI=1S/C7H18NO3P/c1-5(2)7(6(3)4)10-11-12(8)9/h5-7,9H,8H2,1-4H3. The van der Waals surface area contributed by atoms with E-state index in [9.17, 15) is 0 Å². The van der Waals surface area contributed by atoms with Gasteiger partial charge in [0, 0.05) is 0 Å². The summed E-state index contributed by atoms with van der Waals surface area (Å²) >= 11 is 0. The molecule has 0 spiro atoms. The van der Waals surface area contributed by atoms with Crippen molar-refractivity contribution in [3.8, 4) is 0 Å². The van der Waals surface area contributed by atoms with E-state index in [1.165, 1.54) is 0 Å². The molecule has 0 aromatic carbocycles. The van der Waals surface area contributed by atoms with E-state index in [0.717, 1.165) is 0 Å². The van der Waals surface area contributed by atoms with Crippen LogP contribution in [0.25, 0.3) is 0 Å². The lowest BCUT2D eigenvalue weighted by molar-refractivity contribution is -0.265. The Balaban J connectivity index is 3.80. The zero-order valence-corrected chi connectivity index (χ0v) is 8.91. The van der Waals surface area contributed by atoms with E-state index in [0.29, 0.717) is 11.8 Å². The quantitative estimate of drug-likeness (QED) is 0.399. The summed E-state index contributed by atoms with van der Waals surface area (Å²) in [7, 11) is -1.90. The molecule has 12 heavy (non-hydrogen) atoms. The first-order valence-corrected chi connectivity index (χ1v) is 5.30. The van der Waals surface area contributed by atoms with Gasteiger partial charge in [-0.25, -0.2) is 4.89 Å². The zero-order valence-electron chi connectivity index (χ0n) is 8.02. The van der Waals surface area contributed by atoms with Gasteiger partial charge in [0.05, 0.1) is 6.10 Å². The van der Waals surface area contributed by atoms with Gasteiger partial charge in [0.25, 0.3) is 8.53 Å². The smallest absolute Gasteiger partial charge is 0.283 e. The van der Waals surface area contributed by atoms with Crippen molar-refractivity contribution in [2.75, 3.05) is 0 Å². The minimum Gasteiger partial charge on any atom is -0.336 e. The van der Waals surface area contributed by atoms with Crippen molar-refractivity contribution in [1.29, 1.82) is 0 Å². The van der Waals surface area contributed by atoms with Crippen LogP contribution in [0.3, 0.4) is 0 Å². The zero-order chi connectivity index (χ0) is 9.72. The first-order chi connectivity index (χ1) is 5.45. The predicted molar refractivity (Wildman–Crippen MR) is 49.0 cm³/mol. The molecule has 0 aliphatic rings. The molecule has 1 atom stereocenters. The third-order valence-corrected chi connectivity index (χ3v) is 1.78. The largest absolute Gasteiger partial charge is 0.336 e. The van der Waals surface area contributed by atoms with Gasteiger partial charge >= 0.3 is 0 Å². The molecule has 0 heterocycles. The van der Waals surface area contributed by atoms with E-state index in [2.05, 4.69) is 4.67 Å². The van der Waals surface area contributed by atoms with Gasteiger partial charge in [0.15, 0.2) is 0 Å². The molecular formula is C7H18NO3P. The monoisotopic (exact) mass is 195 g/mol. The van der Waals surface area contributed by atoms with Gasteiger partial charge in [0.2, 0.25) is 0 Å².